The number of hydrogen-bond donors (Lipinski definition) is 2. The quantitative estimate of drug-likeness (QED) is 0.127. The summed E-state index contributed by atoms with van der Waals surface area (Å²) in [5.41, 5.74) is 0.484. The van der Waals surface area contributed by atoms with Crippen LogP contribution in [0.5, 0.6) is 11.5 Å². The van der Waals surface area contributed by atoms with Gasteiger partial charge in [-0.15, -0.1) is 0 Å². The maximum absolute atomic E-state index is 12.2. The molecule has 0 aliphatic heterocycles. The fraction of sp³-hybridized carbons (Fsp3) is 0.615. The summed E-state index contributed by atoms with van der Waals surface area (Å²) in [5, 5.41) is 12.5. The van der Waals surface area contributed by atoms with E-state index in [4.69, 9.17) is 23.7 Å². The highest BCUT2D eigenvalue weighted by Gasteiger charge is 2.22. The van der Waals surface area contributed by atoms with E-state index in [2.05, 4.69) is 5.32 Å². The summed E-state index contributed by atoms with van der Waals surface area (Å²) in [7, 11) is 0. The molecule has 0 aromatic heterocycles. The number of benzene rings is 1. The third-order valence-electron chi connectivity index (χ3n) is 5.09. The number of unbranched alkanes of at least 4 members (excludes halogenated alkanes) is 4. The molecule has 0 bridgehead atoms. The van der Waals surface area contributed by atoms with E-state index >= 15 is 0 Å². The van der Waals surface area contributed by atoms with E-state index in [1.165, 1.54) is 19.1 Å². The van der Waals surface area contributed by atoms with E-state index in [-0.39, 0.29) is 37.7 Å². The highest BCUT2D eigenvalue weighted by Crippen LogP contribution is 2.30. The average Bonchev–Trinajstić information content (AvgIpc) is 2.83. The van der Waals surface area contributed by atoms with E-state index in [9.17, 15) is 24.3 Å². The van der Waals surface area contributed by atoms with Crippen LogP contribution in [0.3, 0.4) is 0 Å². The Morgan fingerprint density at radius 2 is 1.46 bits per heavy atom. The molecule has 0 aliphatic carbocycles. The Hall–Kier alpha value is -3.34. The number of carbonyl (C=O) groups excluding carboxylic acids is 3. The van der Waals surface area contributed by atoms with Crippen molar-refractivity contribution in [1.82, 2.24) is 5.32 Å². The molecule has 1 unspecified atom stereocenters. The van der Waals surface area contributed by atoms with Gasteiger partial charge in [-0.3, -0.25) is 9.59 Å². The Labute approximate surface area is 217 Å². The second kappa shape index (κ2) is 18.0. The number of carboxylic acid groups (broad SMARTS) is 1. The topological polar surface area (TPSA) is 147 Å². The molecule has 11 heteroatoms. The molecule has 0 saturated carbocycles. The van der Waals surface area contributed by atoms with Crippen LogP contribution in [0.15, 0.2) is 18.2 Å². The minimum atomic E-state index is -1.12. The molecule has 0 saturated heterocycles. The third-order valence-corrected chi connectivity index (χ3v) is 5.09. The first-order chi connectivity index (χ1) is 17.7. The zero-order valence-corrected chi connectivity index (χ0v) is 22.1. The molecule has 208 valence electrons. The molecule has 0 fully saturated rings. The maximum Gasteiger partial charge on any atom is 0.513 e. The van der Waals surface area contributed by atoms with Gasteiger partial charge in [-0.1, -0.05) is 45.6 Å². The van der Waals surface area contributed by atoms with Gasteiger partial charge in [0.15, 0.2) is 11.5 Å². The first-order valence-electron chi connectivity index (χ1n) is 12.6. The summed E-state index contributed by atoms with van der Waals surface area (Å²) in [6, 6.07) is 3.32. The summed E-state index contributed by atoms with van der Waals surface area (Å²) >= 11 is 0. The minimum absolute atomic E-state index is 0.00573. The van der Waals surface area contributed by atoms with Crippen LogP contribution in [-0.4, -0.2) is 61.3 Å². The number of ether oxygens (including phenoxy) is 5. The lowest BCUT2D eigenvalue weighted by Crippen LogP contribution is -2.42. The molecule has 0 amide bonds. The SMILES string of the molecule is CCCCCOC(=O)Oc1ccc(C[C@H](NCC(C)OC(C)=O)C(=O)O)cc1OC(=O)OCCCCC. The summed E-state index contributed by atoms with van der Waals surface area (Å²) in [4.78, 5) is 47.1. The Morgan fingerprint density at radius 3 is 1.97 bits per heavy atom. The Bertz CT molecular complexity index is 873. The summed E-state index contributed by atoms with van der Waals surface area (Å²) < 4.78 is 25.6. The van der Waals surface area contributed by atoms with Gasteiger partial charge in [-0.25, -0.2) is 9.59 Å². The van der Waals surface area contributed by atoms with Crippen molar-refractivity contribution in [2.45, 2.75) is 84.8 Å². The summed E-state index contributed by atoms with van der Waals surface area (Å²) in [6.45, 7) is 7.44. The predicted octanol–water partition coefficient (Wildman–Crippen LogP) is 4.63. The second-order valence-electron chi connectivity index (χ2n) is 8.52. The Morgan fingerprint density at radius 1 is 0.892 bits per heavy atom. The summed E-state index contributed by atoms with van der Waals surface area (Å²) in [5.74, 6) is -1.77. The number of nitrogens with one attached hydrogen (secondary N) is 1. The molecular formula is C26H39NO10. The van der Waals surface area contributed by atoms with E-state index in [0.717, 1.165) is 25.7 Å². The Balaban J connectivity index is 2.96. The van der Waals surface area contributed by atoms with Crippen molar-refractivity contribution in [3.8, 4) is 11.5 Å². The largest absolute Gasteiger partial charge is 0.513 e. The van der Waals surface area contributed by atoms with E-state index in [0.29, 0.717) is 18.4 Å². The lowest BCUT2D eigenvalue weighted by molar-refractivity contribution is -0.145. The lowest BCUT2D eigenvalue weighted by atomic mass is 10.0. The van der Waals surface area contributed by atoms with E-state index in [1.54, 1.807) is 13.0 Å². The van der Waals surface area contributed by atoms with Crippen molar-refractivity contribution in [3.63, 3.8) is 0 Å². The molecular weight excluding hydrogens is 486 g/mol. The number of carbonyl (C=O) groups is 4. The molecule has 1 aromatic carbocycles. The van der Waals surface area contributed by atoms with Gasteiger partial charge < -0.3 is 34.1 Å². The highest BCUT2D eigenvalue weighted by molar-refractivity contribution is 5.74. The summed E-state index contributed by atoms with van der Waals surface area (Å²) in [6.07, 6.45) is 2.64. The zero-order chi connectivity index (χ0) is 27.6. The van der Waals surface area contributed by atoms with Crippen LogP contribution in [-0.2, 0) is 30.2 Å². The normalized spacial score (nSPS) is 12.2. The number of rotatable bonds is 17. The van der Waals surface area contributed by atoms with Crippen molar-refractivity contribution in [1.29, 1.82) is 0 Å². The Kier molecular flexibility index (Phi) is 15.4. The van der Waals surface area contributed by atoms with Crippen molar-refractivity contribution in [2.75, 3.05) is 19.8 Å². The molecule has 1 aromatic rings. The molecule has 0 radical (unpaired) electrons. The number of carboxylic acids is 1. The van der Waals surface area contributed by atoms with Gasteiger partial charge >= 0.3 is 24.2 Å². The standard InChI is InChI=1S/C26H39NO10/c1-5-7-9-13-33-25(31)36-22-12-11-20(16-23(22)37-26(32)34-14-10-8-6-2)15-21(24(29)30)27-17-18(3)35-19(4)28/h11-12,16,18,21,27H,5-10,13-15,17H2,1-4H3,(H,29,30)/t18?,21-/m0/s1. The van der Waals surface area contributed by atoms with Crippen molar-refractivity contribution in [2.24, 2.45) is 0 Å². The van der Waals surface area contributed by atoms with Crippen LogP contribution in [0, 0.1) is 0 Å². The monoisotopic (exact) mass is 525 g/mol. The van der Waals surface area contributed by atoms with Gasteiger partial charge in [0.05, 0.1) is 13.2 Å². The maximum atomic E-state index is 12.2. The van der Waals surface area contributed by atoms with Gasteiger partial charge in [-0.2, -0.15) is 0 Å². The average molecular weight is 526 g/mol. The van der Waals surface area contributed by atoms with Crippen LogP contribution in [0.4, 0.5) is 9.59 Å². The minimum Gasteiger partial charge on any atom is -0.480 e. The lowest BCUT2D eigenvalue weighted by Gasteiger charge is -2.19. The van der Waals surface area contributed by atoms with Crippen LogP contribution < -0.4 is 14.8 Å². The molecule has 1 rings (SSSR count). The molecule has 2 N–H and O–H groups in total. The molecule has 11 nitrogen and oxygen atoms in total. The van der Waals surface area contributed by atoms with Gasteiger partial charge in [0.2, 0.25) is 0 Å². The van der Waals surface area contributed by atoms with Crippen molar-refractivity contribution in [3.05, 3.63) is 23.8 Å². The van der Waals surface area contributed by atoms with Crippen LogP contribution in [0.2, 0.25) is 0 Å². The van der Waals surface area contributed by atoms with E-state index < -0.39 is 36.4 Å². The third kappa shape index (κ3) is 14.1. The predicted molar refractivity (Wildman–Crippen MR) is 134 cm³/mol. The fourth-order valence-corrected chi connectivity index (χ4v) is 3.21. The van der Waals surface area contributed by atoms with Gasteiger partial charge in [0.25, 0.3) is 0 Å². The molecule has 0 heterocycles. The van der Waals surface area contributed by atoms with E-state index in [1.807, 2.05) is 13.8 Å². The van der Waals surface area contributed by atoms with Crippen molar-refractivity contribution >= 4 is 24.2 Å². The molecule has 0 spiro atoms. The highest BCUT2D eigenvalue weighted by atomic mass is 16.7. The molecule has 37 heavy (non-hydrogen) atoms. The van der Waals surface area contributed by atoms with Crippen molar-refractivity contribution < 1.29 is 48.0 Å². The second-order valence-corrected chi connectivity index (χ2v) is 8.52. The van der Waals surface area contributed by atoms with Crippen LogP contribution in [0.25, 0.3) is 0 Å². The molecule has 0 aliphatic rings. The number of hydrogen-bond acceptors (Lipinski definition) is 10. The van der Waals surface area contributed by atoms with Gasteiger partial charge in [0, 0.05) is 13.5 Å². The van der Waals surface area contributed by atoms with Crippen LogP contribution >= 0.6 is 0 Å². The number of aliphatic carboxylic acids is 1. The van der Waals surface area contributed by atoms with Gasteiger partial charge in [-0.05, 0) is 43.9 Å². The smallest absolute Gasteiger partial charge is 0.480 e. The fourth-order valence-electron chi connectivity index (χ4n) is 3.21. The first kappa shape index (κ1) is 31.7. The van der Waals surface area contributed by atoms with Gasteiger partial charge in [0.1, 0.15) is 12.1 Å². The zero-order valence-electron chi connectivity index (χ0n) is 22.1. The first-order valence-corrected chi connectivity index (χ1v) is 12.6. The van der Waals surface area contributed by atoms with Crippen LogP contribution in [0.1, 0.15) is 71.8 Å². The number of esters is 1. The molecule has 2 atom stereocenters.